The van der Waals surface area contributed by atoms with E-state index < -0.39 is 11.8 Å². The summed E-state index contributed by atoms with van der Waals surface area (Å²) in [5.74, 6) is -0.657. The molecule has 0 fully saturated rings. The van der Waals surface area contributed by atoms with Crippen molar-refractivity contribution in [1.82, 2.24) is 0 Å². The van der Waals surface area contributed by atoms with E-state index in [1.54, 1.807) is 33.5 Å². The van der Waals surface area contributed by atoms with Crippen molar-refractivity contribution in [3.63, 3.8) is 0 Å². The predicted octanol–water partition coefficient (Wildman–Crippen LogP) is 1.57. The first-order chi connectivity index (χ1) is 8.59. The van der Waals surface area contributed by atoms with Gasteiger partial charge in [-0.05, 0) is 11.6 Å². The Balaban J connectivity index is 2.94. The SMILES string of the molecule is COC(=O)/C=C/C1=CC(OC)=CC(OC)(OC)C1. The van der Waals surface area contributed by atoms with E-state index >= 15 is 0 Å². The molecule has 5 nitrogen and oxygen atoms in total. The molecule has 0 amide bonds. The first-order valence-electron chi connectivity index (χ1n) is 5.43. The third-order valence-corrected chi connectivity index (χ3v) is 2.70. The highest BCUT2D eigenvalue weighted by Gasteiger charge is 2.31. The number of esters is 1. The predicted molar refractivity (Wildman–Crippen MR) is 65.7 cm³/mol. The lowest BCUT2D eigenvalue weighted by atomic mass is 9.97. The van der Waals surface area contributed by atoms with E-state index in [-0.39, 0.29) is 0 Å². The van der Waals surface area contributed by atoms with Gasteiger partial charge in [-0.15, -0.1) is 0 Å². The summed E-state index contributed by atoms with van der Waals surface area (Å²) < 4.78 is 20.4. The van der Waals surface area contributed by atoms with Crippen LogP contribution in [-0.4, -0.2) is 40.2 Å². The Morgan fingerprint density at radius 1 is 1.28 bits per heavy atom. The number of carbonyl (C=O) groups is 1. The maximum Gasteiger partial charge on any atom is 0.330 e. The number of ether oxygens (including phenoxy) is 4. The van der Waals surface area contributed by atoms with Crippen molar-refractivity contribution in [1.29, 1.82) is 0 Å². The fraction of sp³-hybridized carbons (Fsp3) is 0.462. The van der Waals surface area contributed by atoms with Gasteiger partial charge in [0.1, 0.15) is 5.76 Å². The zero-order valence-electron chi connectivity index (χ0n) is 11.1. The molecule has 0 heterocycles. The van der Waals surface area contributed by atoms with Crippen LogP contribution < -0.4 is 0 Å². The van der Waals surface area contributed by atoms with Gasteiger partial charge in [-0.3, -0.25) is 0 Å². The maximum absolute atomic E-state index is 11.1. The Morgan fingerprint density at radius 3 is 2.44 bits per heavy atom. The molecule has 0 aromatic heterocycles. The van der Waals surface area contributed by atoms with E-state index in [0.29, 0.717) is 12.2 Å². The van der Waals surface area contributed by atoms with Gasteiger partial charge >= 0.3 is 5.97 Å². The average Bonchev–Trinajstić information content (AvgIpc) is 2.43. The molecule has 0 saturated heterocycles. The third-order valence-electron chi connectivity index (χ3n) is 2.70. The quantitative estimate of drug-likeness (QED) is 0.423. The lowest BCUT2D eigenvalue weighted by molar-refractivity contribution is -0.170. The van der Waals surface area contributed by atoms with Gasteiger partial charge in [-0.2, -0.15) is 0 Å². The molecule has 0 radical (unpaired) electrons. The number of methoxy groups -OCH3 is 4. The average molecular weight is 254 g/mol. The van der Waals surface area contributed by atoms with Crippen LogP contribution in [-0.2, 0) is 23.7 Å². The van der Waals surface area contributed by atoms with E-state index in [2.05, 4.69) is 4.74 Å². The van der Waals surface area contributed by atoms with E-state index in [1.165, 1.54) is 13.2 Å². The molecule has 100 valence electrons. The Hall–Kier alpha value is -1.59. The number of rotatable bonds is 5. The van der Waals surface area contributed by atoms with Gasteiger partial charge in [-0.25, -0.2) is 4.79 Å². The molecule has 0 spiro atoms. The van der Waals surface area contributed by atoms with Gasteiger partial charge in [0.05, 0.1) is 14.2 Å². The van der Waals surface area contributed by atoms with Crippen molar-refractivity contribution in [2.75, 3.05) is 28.4 Å². The molecule has 0 N–H and O–H groups in total. The highest BCUT2D eigenvalue weighted by Crippen LogP contribution is 2.30. The molecule has 0 aromatic rings. The molecule has 0 unspecified atom stereocenters. The summed E-state index contributed by atoms with van der Waals surface area (Å²) in [4.78, 5) is 11.1. The van der Waals surface area contributed by atoms with Crippen molar-refractivity contribution in [2.45, 2.75) is 12.2 Å². The maximum atomic E-state index is 11.1. The van der Waals surface area contributed by atoms with E-state index in [4.69, 9.17) is 14.2 Å². The molecule has 0 aliphatic heterocycles. The number of hydrogen-bond acceptors (Lipinski definition) is 5. The van der Waals surface area contributed by atoms with Crippen LogP contribution in [0.25, 0.3) is 0 Å². The first-order valence-corrected chi connectivity index (χ1v) is 5.43. The molecule has 18 heavy (non-hydrogen) atoms. The van der Waals surface area contributed by atoms with Gasteiger partial charge in [0.15, 0.2) is 5.79 Å². The molecular formula is C13H18O5. The van der Waals surface area contributed by atoms with Crippen LogP contribution >= 0.6 is 0 Å². The van der Waals surface area contributed by atoms with Crippen LogP contribution in [0.3, 0.4) is 0 Å². The van der Waals surface area contributed by atoms with Crippen molar-refractivity contribution < 1.29 is 23.7 Å². The second kappa shape index (κ2) is 6.37. The Labute approximate surface area is 107 Å². The summed E-state index contributed by atoms with van der Waals surface area (Å²) in [7, 11) is 6.00. The summed E-state index contributed by atoms with van der Waals surface area (Å²) in [6, 6.07) is 0. The van der Waals surface area contributed by atoms with E-state index in [9.17, 15) is 4.79 Å². The van der Waals surface area contributed by atoms with Crippen molar-refractivity contribution in [3.8, 4) is 0 Å². The molecule has 1 aliphatic rings. The van der Waals surface area contributed by atoms with Crippen LogP contribution in [0.5, 0.6) is 0 Å². The zero-order chi connectivity index (χ0) is 13.6. The molecule has 0 bridgehead atoms. The van der Waals surface area contributed by atoms with Crippen LogP contribution in [0.4, 0.5) is 0 Å². The van der Waals surface area contributed by atoms with Crippen molar-refractivity contribution in [3.05, 3.63) is 35.6 Å². The third kappa shape index (κ3) is 3.45. The van der Waals surface area contributed by atoms with E-state index in [0.717, 1.165) is 5.57 Å². The van der Waals surface area contributed by atoms with Crippen LogP contribution in [0.1, 0.15) is 6.42 Å². The Morgan fingerprint density at radius 2 is 1.94 bits per heavy atom. The lowest BCUT2D eigenvalue weighted by Crippen LogP contribution is -2.34. The Bertz CT molecular complexity index is 388. The molecule has 1 rings (SSSR count). The van der Waals surface area contributed by atoms with Gasteiger partial charge < -0.3 is 18.9 Å². The summed E-state index contributed by atoms with van der Waals surface area (Å²) >= 11 is 0. The topological polar surface area (TPSA) is 54.0 Å². The molecule has 0 atom stereocenters. The minimum atomic E-state index is -0.865. The lowest BCUT2D eigenvalue weighted by Gasteiger charge is -2.31. The van der Waals surface area contributed by atoms with Gasteiger partial charge in [0, 0.05) is 32.8 Å². The number of allylic oxidation sites excluding steroid dienone is 2. The van der Waals surface area contributed by atoms with Crippen LogP contribution in [0.15, 0.2) is 35.6 Å². The van der Waals surface area contributed by atoms with Crippen molar-refractivity contribution in [2.24, 2.45) is 0 Å². The molecule has 1 aliphatic carbocycles. The van der Waals surface area contributed by atoms with Crippen molar-refractivity contribution >= 4 is 5.97 Å². The minimum absolute atomic E-state index is 0.412. The number of carbonyl (C=O) groups excluding carboxylic acids is 1. The fourth-order valence-electron chi connectivity index (χ4n) is 1.64. The minimum Gasteiger partial charge on any atom is -0.497 e. The largest absolute Gasteiger partial charge is 0.497 e. The van der Waals surface area contributed by atoms with Gasteiger partial charge in [-0.1, -0.05) is 6.08 Å². The molecule has 0 saturated carbocycles. The van der Waals surface area contributed by atoms with Crippen LogP contribution in [0.2, 0.25) is 0 Å². The normalized spacial score (nSPS) is 18.2. The smallest absolute Gasteiger partial charge is 0.330 e. The summed E-state index contributed by atoms with van der Waals surface area (Å²) in [6.45, 7) is 0. The second-order valence-electron chi connectivity index (χ2n) is 3.72. The Kier molecular flexibility index (Phi) is 5.12. The highest BCUT2D eigenvalue weighted by atomic mass is 16.7. The van der Waals surface area contributed by atoms with E-state index in [1.807, 2.05) is 6.08 Å². The summed E-state index contributed by atoms with van der Waals surface area (Å²) in [5, 5.41) is 0. The second-order valence-corrected chi connectivity index (χ2v) is 3.72. The zero-order valence-corrected chi connectivity index (χ0v) is 11.1. The van der Waals surface area contributed by atoms with Crippen LogP contribution in [0, 0.1) is 0 Å². The summed E-state index contributed by atoms with van der Waals surface area (Å²) in [5.41, 5.74) is 0.850. The standard InChI is InChI=1S/C13H18O5/c1-15-11-7-10(5-6-12(14)16-2)8-13(9-11,17-3)18-4/h5-7,9H,8H2,1-4H3/b6-5+. The first kappa shape index (κ1) is 14.5. The highest BCUT2D eigenvalue weighted by molar-refractivity contribution is 5.82. The fourth-order valence-corrected chi connectivity index (χ4v) is 1.64. The molecular weight excluding hydrogens is 236 g/mol. The summed E-state index contributed by atoms with van der Waals surface area (Å²) in [6.07, 6.45) is 7.06. The van der Waals surface area contributed by atoms with Gasteiger partial charge in [0.2, 0.25) is 0 Å². The monoisotopic (exact) mass is 254 g/mol. The van der Waals surface area contributed by atoms with Gasteiger partial charge in [0.25, 0.3) is 0 Å². The molecule has 0 aromatic carbocycles. The number of hydrogen-bond donors (Lipinski definition) is 0. The molecule has 5 heteroatoms.